The second-order valence-corrected chi connectivity index (χ2v) is 8.27. The standard InChI is InChI=1S/C26H23ClN2O6/c1-17(11-12-18-7-3-2-4-8-18)28-24(30)16-35-26(32)21-10-6-5-9-20(21)25(31)19-13-14-22(27)23(15-19)29(33)34/h2-10,13-15,17H,11-12,16H2,1H3,(H,28,30). The highest BCUT2D eigenvalue weighted by Gasteiger charge is 2.22. The molecule has 3 aromatic carbocycles. The lowest BCUT2D eigenvalue weighted by Crippen LogP contribution is -2.36. The summed E-state index contributed by atoms with van der Waals surface area (Å²) in [5.74, 6) is -1.93. The minimum Gasteiger partial charge on any atom is -0.452 e. The van der Waals surface area contributed by atoms with Crippen molar-refractivity contribution in [3.63, 3.8) is 0 Å². The van der Waals surface area contributed by atoms with Gasteiger partial charge in [-0.15, -0.1) is 0 Å². The fourth-order valence-corrected chi connectivity index (χ4v) is 3.62. The van der Waals surface area contributed by atoms with E-state index in [0.29, 0.717) is 6.42 Å². The molecule has 0 bridgehead atoms. The molecule has 0 aliphatic rings. The van der Waals surface area contributed by atoms with Crippen molar-refractivity contribution >= 4 is 34.9 Å². The van der Waals surface area contributed by atoms with Crippen LogP contribution in [0.15, 0.2) is 72.8 Å². The van der Waals surface area contributed by atoms with E-state index in [0.717, 1.165) is 18.1 Å². The molecule has 1 atom stereocenters. The quantitative estimate of drug-likeness (QED) is 0.188. The molecule has 8 nitrogen and oxygen atoms in total. The van der Waals surface area contributed by atoms with Gasteiger partial charge in [-0.2, -0.15) is 0 Å². The molecule has 3 rings (SSSR count). The molecule has 0 heterocycles. The Hall–Kier alpha value is -4.04. The fourth-order valence-electron chi connectivity index (χ4n) is 3.43. The average molecular weight is 495 g/mol. The summed E-state index contributed by atoms with van der Waals surface area (Å²) in [6.07, 6.45) is 1.51. The summed E-state index contributed by atoms with van der Waals surface area (Å²) in [5.41, 5.74) is 0.667. The Labute approximate surface area is 207 Å². The van der Waals surface area contributed by atoms with Crippen LogP contribution in [0.5, 0.6) is 0 Å². The lowest BCUT2D eigenvalue weighted by atomic mass is 9.98. The van der Waals surface area contributed by atoms with Crippen LogP contribution in [-0.4, -0.2) is 35.2 Å². The Morgan fingerprint density at radius 2 is 1.66 bits per heavy atom. The van der Waals surface area contributed by atoms with E-state index in [1.54, 1.807) is 12.1 Å². The number of carbonyl (C=O) groups is 3. The van der Waals surface area contributed by atoms with Crippen molar-refractivity contribution in [1.82, 2.24) is 5.32 Å². The van der Waals surface area contributed by atoms with Gasteiger partial charge in [0, 0.05) is 23.2 Å². The summed E-state index contributed by atoms with van der Waals surface area (Å²) < 4.78 is 5.13. The zero-order valence-electron chi connectivity index (χ0n) is 18.9. The number of amides is 1. The second-order valence-electron chi connectivity index (χ2n) is 7.87. The molecule has 0 aliphatic heterocycles. The van der Waals surface area contributed by atoms with E-state index in [-0.39, 0.29) is 27.8 Å². The maximum absolute atomic E-state index is 13.0. The number of nitro groups is 1. The number of ketones is 1. The molecular formula is C26H23ClN2O6. The Morgan fingerprint density at radius 3 is 2.34 bits per heavy atom. The average Bonchev–Trinajstić information content (AvgIpc) is 2.86. The lowest BCUT2D eigenvalue weighted by Gasteiger charge is -2.14. The first-order valence-electron chi connectivity index (χ1n) is 10.8. The van der Waals surface area contributed by atoms with Crippen molar-refractivity contribution in [2.75, 3.05) is 6.61 Å². The summed E-state index contributed by atoms with van der Waals surface area (Å²) in [5, 5.41) is 13.8. The van der Waals surface area contributed by atoms with Gasteiger partial charge in [-0.3, -0.25) is 19.7 Å². The maximum atomic E-state index is 13.0. The minimum atomic E-state index is -0.857. The van der Waals surface area contributed by atoms with Gasteiger partial charge >= 0.3 is 5.97 Å². The molecule has 180 valence electrons. The summed E-state index contributed by atoms with van der Waals surface area (Å²) in [6, 6.07) is 19.3. The lowest BCUT2D eigenvalue weighted by molar-refractivity contribution is -0.384. The number of benzene rings is 3. The molecular weight excluding hydrogens is 472 g/mol. The molecule has 1 unspecified atom stereocenters. The first kappa shape index (κ1) is 25.6. The van der Waals surface area contributed by atoms with Crippen molar-refractivity contribution in [3.05, 3.63) is 110 Å². The molecule has 9 heteroatoms. The Balaban J connectivity index is 1.61. The van der Waals surface area contributed by atoms with Crippen molar-refractivity contribution in [3.8, 4) is 0 Å². The summed E-state index contributed by atoms with van der Waals surface area (Å²) in [4.78, 5) is 48.3. The molecule has 35 heavy (non-hydrogen) atoms. The number of hydrogen-bond acceptors (Lipinski definition) is 6. The van der Waals surface area contributed by atoms with Crippen molar-refractivity contribution in [2.24, 2.45) is 0 Å². The zero-order valence-corrected chi connectivity index (χ0v) is 19.7. The molecule has 1 N–H and O–H groups in total. The number of hydrogen-bond donors (Lipinski definition) is 1. The molecule has 0 aromatic heterocycles. The van der Waals surface area contributed by atoms with E-state index in [4.69, 9.17) is 16.3 Å². The Kier molecular flexibility index (Phi) is 8.69. The van der Waals surface area contributed by atoms with E-state index in [1.165, 1.54) is 24.3 Å². The molecule has 0 fully saturated rings. The number of nitro benzene ring substituents is 1. The number of rotatable bonds is 10. The van der Waals surface area contributed by atoms with Gasteiger partial charge < -0.3 is 10.1 Å². The third-order valence-corrected chi connectivity index (χ3v) is 5.57. The molecule has 0 aliphatic carbocycles. The molecule has 1 amide bonds. The van der Waals surface area contributed by atoms with Crippen LogP contribution in [-0.2, 0) is 16.0 Å². The van der Waals surface area contributed by atoms with Gasteiger partial charge in [0.05, 0.1) is 10.5 Å². The third kappa shape index (κ3) is 6.97. The number of esters is 1. The topological polar surface area (TPSA) is 116 Å². The van der Waals surface area contributed by atoms with Gasteiger partial charge in [0.1, 0.15) is 5.02 Å². The van der Waals surface area contributed by atoms with Crippen LogP contribution in [0, 0.1) is 10.1 Å². The van der Waals surface area contributed by atoms with Gasteiger partial charge in [-0.1, -0.05) is 60.1 Å². The number of nitrogens with zero attached hydrogens (tertiary/aromatic N) is 1. The van der Waals surface area contributed by atoms with Gasteiger partial charge in [-0.25, -0.2) is 4.79 Å². The van der Waals surface area contributed by atoms with Gasteiger partial charge in [0.15, 0.2) is 12.4 Å². The number of halogens is 1. The summed E-state index contributed by atoms with van der Waals surface area (Å²) in [6.45, 7) is 1.35. The SMILES string of the molecule is CC(CCc1ccccc1)NC(=O)COC(=O)c1ccccc1C(=O)c1ccc(Cl)c([N+](=O)[O-])c1. The monoisotopic (exact) mass is 494 g/mol. The first-order valence-corrected chi connectivity index (χ1v) is 11.2. The van der Waals surface area contributed by atoms with Gasteiger partial charge in [0.25, 0.3) is 11.6 Å². The molecule has 0 radical (unpaired) electrons. The third-order valence-electron chi connectivity index (χ3n) is 5.25. The molecule has 0 saturated carbocycles. The van der Waals surface area contributed by atoms with Crippen molar-refractivity contribution in [1.29, 1.82) is 0 Å². The van der Waals surface area contributed by atoms with Crippen molar-refractivity contribution in [2.45, 2.75) is 25.8 Å². The predicted molar refractivity (Wildman–Crippen MR) is 131 cm³/mol. The van der Waals surface area contributed by atoms with E-state index < -0.39 is 34.9 Å². The van der Waals surface area contributed by atoms with E-state index in [2.05, 4.69) is 5.32 Å². The van der Waals surface area contributed by atoms with Gasteiger partial charge in [0.2, 0.25) is 0 Å². The van der Waals surface area contributed by atoms with Crippen molar-refractivity contribution < 1.29 is 24.0 Å². The maximum Gasteiger partial charge on any atom is 0.339 e. The molecule has 3 aromatic rings. The predicted octanol–water partition coefficient (Wildman–Crippen LogP) is 4.77. The Morgan fingerprint density at radius 1 is 1.00 bits per heavy atom. The fraction of sp³-hybridized carbons (Fsp3) is 0.192. The van der Waals surface area contributed by atoms with Crippen LogP contribution < -0.4 is 5.32 Å². The smallest absolute Gasteiger partial charge is 0.339 e. The van der Waals surface area contributed by atoms with E-state index in [9.17, 15) is 24.5 Å². The largest absolute Gasteiger partial charge is 0.452 e. The number of carbonyl (C=O) groups excluding carboxylic acids is 3. The first-order chi connectivity index (χ1) is 16.8. The summed E-state index contributed by atoms with van der Waals surface area (Å²) in [7, 11) is 0. The van der Waals surface area contributed by atoms with Gasteiger partial charge in [-0.05, 0) is 43.5 Å². The normalized spacial score (nSPS) is 11.4. The van der Waals surface area contributed by atoms with Crippen LogP contribution in [0.2, 0.25) is 5.02 Å². The van der Waals surface area contributed by atoms with E-state index >= 15 is 0 Å². The molecule has 0 saturated heterocycles. The van der Waals surface area contributed by atoms with E-state index in [1.807, 2.05) is 37.3 Å². The van der Waals surface area contributed by atoms with Crippen LogP contribution in [0.4, 0.5) is 5.69 Å². The summed E-state index contributed by atoms with van der Waals surface area (Å²) >= 11 is 5.82. The second kappa shape index (κ2) is 11.9. The zero-order chi connectivity index (χ0) is 25.4. The highest BCUT2D eigenvalue weighted by Crippen LogP contribution is 2.27. The highest BCUT2D eigenvalue weighted by molar-refractivity contribution is 6.33. The van der Waals surface area contributed by atoms with Crippen LogP contribution >= 0.6 is 11.6 Å². The Bertz CT molecular complexity index is 1250. The minimum absolute atomic E-state index is 0.00802. The van der Waals surface area contributed by atoms with Crippen LogP contribution in [0.1, 0.15) is 45.2 Å². The number of ether oxygens (including phenoxy) is 1. The number of nitrogens with one attached hydrogen (secondary N) is 1. The van der Waals surface area contributed by atoms with Crippen LogP contribution in [0.3, 0.4) is 0 Å². The number of aryl methyl sites for hydroxylation is 1. The van der Waals surface area contributed by atoms with Crippen LogP contribution in [0.25, 0.3) is 0 Å². The molecule has 0 spiro atoms. The highest BCUT2D eigenvalue weighted by atomic mass is 35.5.